The van der Waals surface area contributed by atoms with Gasteiger partial charge in [0.1, 0.15) is 0 Å². The van der Waals surface area contributed by atoms with Crippen molar-refractivity contribution in [1.82, 2.24) is 5.32 Å². The second-order valence-corrected chi connectivity index (χ2v) is 5.06. The van der Waals surface area contributed by atoms with E-state index in [2.05, 4.69) is 11.2 Å². The lowest BCUT2D eigenvalue weighted by Gasteiger charge is -2.08. The first-order valence-corrected chi connectivity index (χ1v) is 6.04. The Hall–Kier alpha value is -1.02. The summed E-state index contributed by atoms with van der Waals surface area (Å²) in [5, 5.41) is 2.73. The maximum Gasteiger partial charge on any atom is 0.237 e. The summed E-state index contributed by atoms with van der Waals surface area (Å²) in [4.78, 5) is 12.5. The standard InChI is InChI=1S/C11H13ClN2OS/c1-2-3-9(13)11(15)14-7-6-8-4-5-10(12)16-8/h1,4-5,9H,3,6-7,13H2,(H,14,15). The van der Waals surface area contributed by atoms with E-state index in [1.54, 1.807) is 0 Å². The molecule has 1 amide bonds. The zero-order valence-electron chi connectivity index (χ0n) is 8.70. The highest BCUT2D eigenvalue weighted by molar-refractivity contribution is 7.16. The molecule has 1 rings (SSSR count). The first kappa shape index (κ1) is 13.0. The van der Waals surface area contributed by atoms with E-state index >= 15 is 0 Å². The molecule has 1 heterocycles. The number of hydrogen-bond donors (Lipinski definition) is 2. The van der Waals surface area contributed by atoms with E-state index in [0.717, 1.165) is 15.6 Å². The topological polar surface area (TPSA) is 55.1 Å². The van der Waals surface area contributed by atoms with Gasteiger partial charge < -0.3 is 11.1 Å². The maximum atomic E-state index is 11.4. The highest BCUT2D eigenvalue weighted by atomic mass is 35.5. The van der Waals surface area contributed by atoms with E-state index < -0.39 is 6.04 Å². The highest BCUT2D eigenvalue weighted by Crippen LogP contribution is 2.21. The molecule has 0 aliphatic heterocycles. The van der Waals surface area contributed by atoms with Crippen LogP contribution >= 0.6 is 22.9 Å². The third-order valence-corrected chi connectivity index (χ3v) is 3.26. The first-order chi connectivity index (χ1) is 7.63. The highest BCUT2D eigenvalue weighted by Gasteiger charge is 2.10. The van der Waals surface area contributed by atoms with Crippen LogP contribution in [0.25, 0.3) is 0 Å². The van der Waals surface area contributed by atoms with E-state index in [1.807, 2.05) is 12.1 Å². The zero-order valence-corrected chi connectivity index (χ0v) is 10.3. The van der Waals surface area contributed by atoms with E-state index in [9.17, 15) is 4.79 Å². The summed E-state index contributed by atoms with van der Waals surface area (Å²) in [6.45, 7) is 0.550. The molecule has 0 aromatic carbocycles. The minimum atomic E-state index is -0.614. The van der Waals surface area contributed by atoms with Crippen LogP contribution in [0.2, 0.25) is 4.34 Å². The van der Waals surface area contributed by atoms with Crippen molar-refractivity contribution in [1.29, 1.82) is 0 Å². The maximum absolute atomic E-state index is 11.4. The van der Waals surface area contributed by atoms with Crippen LogP contribution in [0.5, 0.6) is 0 Å². The number of rotatable bonds is 5. The number of nitrogens with one attached hydrogen (secondary N) is 1. The Balaban J connectivity index is 2.25. The Bertz CT molecular complexity index is 397. The van der Waals surface area contributed by atoms with Crippen LogP contribution in [0.15, 0.2) is 12.1 Å². The van der Waals surface area contributed by atoms with Gasteiger partial charge in [0.05, 0.1) is 10.4 Å². The SMILES string of the molecule is C#CCC(N)C(=O)NCCc1ccc(Cl)s1. The molecule has 0 saturated carbocycles. The van der Waals surface area contributed by atoms with Crippen molar-refractivity contribution in [2.24, 2.45) is 5.73 Å². The predicted octanol–water partition coefficient (Wildman–Crippen LogP) is 1.41. The summed E-state index contributed by atoms with van der Waals surface area (Å²) >= 11 is 7.29. The summed E-state index contributed by atoms with van der Waals surface area (Å²) < 4.78 is 0.755. The number of amides is 1. The largest absolute Gasteiger partial charge is 0.354 e. The van der Waals surface area contributed by atoms with Gasteiger partial charge in [0.15, 0.2) is 0 Å². The molecule has 0 aliphatic carbocycles. The average Bonchev–Trinajstić information content (AvgIpc) is 2.64. The van der Waals surface area contributed by atoms with Crippen LogP contribution < -0.4 is 11.1 Å². The quantitative estimate of drug-likeness (QED) is 0.783. The van der Waals surface area contributed by atoms with Crippen LogP contribution in [0.3, 0.4) is 0 Å². The first-order valence-electron chi connectivity index (χ1n) is 4.84. The molecule has 1 aromatic rings. The van der Waals surface area contributed by atoms with Gasteiger partial charge in [-0.2, -0.15) is 0 Å². The molecule has 0 aliphatic rings. The molecule has 0 spiro atoms. The van der Waals surface area contributed by atoms with Crippen molar-refractivity contribution in [2.75, 3.05) is 6.54 Å². The van der Waals surface area contributed by atoms with Gasteiger partial charge in [-0.25, -0.2) is 0 Å². The molecule has 5 heteroatoms. The van der Waals surface area contributed by atoms with Crippen molar-refractivity contribution in [3.8, 4) is 12.3 Å². The third kappa shape index (κ3) is 4.23. The summed E-state index contributed by atoms with van der Waals surface area (Å²) in [6.07, 6.45) is 6.08. The number of hydrogen-bond acceptors (Lipinski definition) is 3. The molecule has 0 fully saturated rings. The minimum absolute atomic E-state index is 0.208. The van der Waals surface area contributed by atoms with Crippen LogP contribution in [-0.2, 0) is 11.2 Å². The number of thiophene rings is 1. The normalized spacial score (nSPS) is 11.8. The van der Waals surface area contributed by atoms with Crippen molar-refractivity contribution in [2.45, 2.75) is 18.9 Å². The lowest BCUT2D eigenvalue weighted by molar-refractivity contribution is -0.122. The van der Waals surface area contributed by atoms with Gasteiger partial charge in [0.25, 0.3) is 0 Å². The van der Waals surface area contributed by atoms with Gasteiger partial charge in [-0.05, 0) is 18.6 Å². The van der Waals surface area contributed by atoms with Gasteiger partial charge in [-0.3, -0.25) is 4.79 Å². The van der Waals surface area contributed by atoms with E-state index in [-0.39, 0.29) is 12.3 Å². The van der Waals surface area contributed by atoms with Crippen LogP contribution in [0.4, 0.5) is 0 Å². The Morgan fingerprint density at radius 2 is 2.44 bits per heavy atom. The number of carbonyl (C=O) groups excluding carboxylic acids is 1. The molecule has 3 nitrogen and oxygen atoms in total. The number of nitrogens with two attached hydrogens (primary N) is 1. The van der Waals surface area contributed by atoms with Crippen molar-refractivity contribution < 1.29 is 4.79 Å². The molecule has 1 atom stereocenters. The Morgan fingerprint density at radius 3 is 3.00 bits per heavy atom. The van der Waals surface area contributed by atoms with Crippen molar-refractivity contribution >= 4 is 28.8 Å². The number of carbonyl (C=O) groups is 1. The summed E-state index contributed by atoms with van der Waals surface area (Å²) in [5.74, 6) is 2.15. The molecular formula is C11H13ClN2OS. The van der Waals surface area contributed by atoms with E-state index in [0.29, 0.717) is 6.54 Å². The third-order valence-electron chi connectivity index (χ3n) is 1.97. The fourth-order valence-electron chi connectivity index (χ4n) is 1.15. The van der Waals surface area contributed by atoms with Crippen LogP contribution in [0, 0.1) is 12.3 Å². The summed E-state index contributed by atoms with van der Waals surface area (Å²) in [6, 6.07) is 3.17. The average molecular weight is 257 g/mol. The Kier molecular flexibility index (Phi) is 5.33. The van der Waals surface area contributed by atoms with Gasteiger partial charge >= 0.3 is 0 Å². The Labute approximate surface area is 104 Å². The van der Waals surface area contributed by atoms with E-state index in [1.165, 1.54) is 11.3 Å². The minimum Gasteiger partial charge on any atom is -0.354 e. The lowest BCUT2D eigenvalue weighted by atomic mass is 10.2. The molecule has 1 aromatic heterocycles. The van der Waals surface area contributed by atoms with Gasteiger partial charge in [0, 0.05) is 17.8 Å². The molecule has 0 saturated heterocycles. The number of terminal acetylenes is 1. The fourth-order valence-corrected chi connectivity index (χ4v) is 2.23. The number of halogens is 1. The van der Waals surface area contributed by atoms with Gasteiger partial charge in [-0.15, -0.1) is 23.7 Å². The molecular weight excluding hydrogens is 244 g/mol. The summed E-state index contributed by atoms with van der Waals surface area (Å²) in [7, 11) is 0. The van der Waals surface area contributed by atoms with Crippen molar-refractivity contribution in [3.05, 3.63) is 21.3 Å². The summed E-state index contributed by atoms with van der Waals surface area (Å²) in [5.41, 5.74) is 5.54. The molecule has 16 heavy (non-hydrogen) atoms. The monoisotopic (exact) mass is 256 g/mol. The lowest BCUT2D eigenvalue weighted by Crippen LogP contribution is -2.41. The Morgan fingerprint density at radius 1 is 1.69 bits per heavy atom. The van der Waals surface area contributed by atoms with E-state index in [4.69, 9.17) is 23.8 Å². The van der Waals surface area contributed by atoms with Crippen molar-refractivity contribution in [3.63, 3.8) is 0 Å². The molecule has 0 radical (unpaired) electrons. The molecule has 0 bridgehead atoms. The smallest absolute Gasteiger partial charge is 0.237 e. The second-order valence-electron chi connectivity index (χ2n) is 3.26. The predicted molar refractivity (Wildman–Crippen MR) is 67.5 cm³/mol. The molecule has 1 unspecified atom stereocenters. The fraction of sp³-hybridized carbons (Fsp3) is 0.364. The molecule has 3 N–H and O–H groups in total. The van der Waals surface area contributed by atoms with Crippen LogP contribution in [0.1, 0.15) is 11.3 Å². The second kappa shape index (κ2) is 6.54. The van der Waals surface area contributed by atoms with Gasteiger partial charge in [-0.1, -0.05) is 11.6 Å². The van der Waals surface area contributed by atoms with Crippen LogP contribution in [-0.4, -0.2) is 18.5 Å². The zero-order chi connectivity index (χ0) is 12.0. The molecule has 86 valence electrons. The van der Waals surface area contributed by atoms with Gasteiger partial charge in [0.2, 0.25) is 5.91 Å².